The first-order valence-corrected chi connectivity index (χ1v) is 6.22. The number of nitriles is 2. The first-order valence-electron chi connectivity index (χ1n) is 5.40. The molecule has 2 rings (SSSR count). The highest BCUT2D eigenvalue weighted by Crippen LogP contribution is 2.45. The summed E-state index contributed by atoms with van der Waals surface area (Å²) < 4.78 is 0. The zero-order valence-corrected chi connectivity index (χ0v) is 11.0. The molecule has 1 aromatic rings. The van der Waals surface area contributed by atoms with Gasteiger partial charge in [0.25, 0.3) is 0 Å². The molecule has 1 aliphatic rings. The van der Waals surface area contributed by atoms with Crippen molar-refractivity contribution in [2.45, 2.75) is 11.8 Å². The second-order valence-electron chi connectivity index (χ2n) is 3.89. The van der Waals surface area contributed by atoms with E-state index in [9.17, 15) is 0 Å². The van der Waals surface area contributed by atoms with Gasteiger partial charge in [-0.3, -0.25) is 0 Å². The normalized spacial score (nSPS) is 14.9. The molecule has 4 heteroatoms. The van der Waals surface area contributed by atoms with Crippen molar-refractivity contribution < 1.29 is 0 Å². The molecule has 0 unspecified atom stereocenters. The number of hydrogen-bond donors (Lipinski definition) is 0. The molecule has 18 heavy (non-hydrogen) atoms. The lowest BCUT2D eigenvalue weighted by Gasteiger charge is -2.13. The van der Waals surface area contributed by atoms with Crippen LogP contribution in [0, 0.1) is 22.7 Å². The van der Waals surface area contributed by atoms with Crippen LogP contribution in [0.25, 0.3) is 0 Å². The Bertz CT molecular complexity index is 613. The maximum Gasteiger partial charge on any atom is 0.132 e. The van der Waals surface area contributed by atoms with Crippen molar-refractivity contribution in [1.82, 2.24) is 0 Å². The van der Waals surface area contributed by atoms with Crippen LogP contribution in [0.1, 0.15) is 6.92 Å². The molecule has 1 heterocycles. The van der Waals surface area contributed by atoms with Crippen LogP contribution in [0.3, 0.4) is 0 Å². The zero-order chi connectivity index (χ0) is 13.1. The van der Waals surface area contributed by atoms with E-state index in [0.717, 1.165) is 10.7 Å². The lowest BCUT2D eigenvalue weighted by molar-refractivity contribution is 1.17. The van der Waals surface area contributed by atoms with E-state index >= 15 is 0 Å². The highest BCUT2D eigenvalue weighted by atomic mass is 32.2. The van der Waals surface area contributed by atoms with E-state index in [-0.39, 0.29) is 5.57 Å². The van der Waals surface area contributed by atoms with Gasteiger partial charge in [0.05, 0.1) is 10.7 Å². The summed E-state index contributed by atoms with van der Waals surface area (Å²) in [5.41, 5.74) is 2.01. The lowest BCUT2D eigenvalue weighted by Crippen LogP contribution is -2.09. The Hall–Kier alpha value is -2.17. The molecule has 0 fully saturated rings. The number of rotatable bonds is 1. The minimum absolute atomic E-state index is 0.160. The standard InChI is InChI=1S/C14H11N3S/c1-10(11(8-15)9-16)7-14-17(2)12-5-3-4-6-13(12)18-14/h3-7H,1-2H3/b14-7+. The smallest absolute Gasteiger partial charge is 0.132 e. The van der Waals surface area contributed by atoms with Crippen LogP contribution in [0.2, 0.25) is 0 Å². The first kappa shape index (κ1) is 12.3. The van der Waals surface area contributed by atoms with Gasteiger partial charge in [-0.25, -0.2) is 0 Å². The van der Waals surface area contributed by atoms with Gasteiger partial charge in [0.15, 0.2) is 0 Å². The van der Waals surface area contributed by atoms with Gasteiger partial charge in [-0.1, -0.05) is 23.9 Å². The minimum Gasteiger partial charge on any atom is -0.338 e. The Balaban J connectivity index is 2.39. The number of benzene rings is 1. The summed E-state index contributed by atoms with van der Waals surface area (Å²) >= 11 is 1.65. The molecule has 0 saturated heterocycles. The second kappa shape index (κ2) is 5.00. The topological polar surface area (TPSA) is 50.8 Å². The van der Waals surface area contributed by atoms with Crippen molar-refractivity contribution in [1.29, 1.82) is 10.5 Å². The number of para-hydroxylation sites is 1. The Morgan fingerprint density at radius 2 is 1.94 bits per heavy atom. The van der Waals surface area contributed by atoms with Crippen molar-refractivity contribution in [3.05, 3.63) is 46.5 Å². The van der Waals surface area contributed by atoms with Crippen molar-refractivity contribution in [2.75, 3.05) is 11.9 Å². The van der Waals surface area contributed by atoms with Crippen LogP contribution >= 0.6 is 11.8 Å². The molecule has 0 N–H and O–H groups in total. The monoisotopic (exact) mass is 253 g/mol. The Morgan fingerprint density at radius 1 is 1.28 bits per heavy atom. The van der Waals surface area contributed by atoms with Gasteiger partial charge in [0, 0.05) is 11.9 Å². The van der Waals surface area contributed by atoms with Crippen LogP contribution in [-0.2, 0) is 0 Å². The van der Waals surface area contributed by atoms with Crippen LogP contribution in [-0.4, -0.2) is 7.05 Å². The summed E-state index contributed by atoms with van der Waals surface area (Å²) in [4.78, 5) is 3.25. The number of anilines is 1. The predicted octanol–water partition coefficient (Wildman–Crippen LogP) is 3.43. The molecular formula is C14H11N3S. The third-order valence-corrected chi connectivity index (χ3v) is 3.90. The summed E-state index contributed by atoms with van der Waals surface area (Å²) in [5.74, 6) is 0. The third kappa shape index (κ3) is 2.11. The number of fused-ring (bicyclic) bond motifs is 1. The average molecular weight is 253 g/mol. The van der Waals surface area contributed by atoms with E-state index < -0.39 is 0 Å². The van der Waals surface area contributed by atoms with E-state index in [1.807, 2.05) is 37.4 Å². The summed E-state index contributed by atoms with van der Waals surface area (Å²) in [6.07, 6.45) is 1.88. The molecule has 0 spiro atoms. The largest absolute Gasteiger partial charge is 0.338 e. The third-order valence-electron chi connectivity index (χ3n) is 2.73. The van der Waals surface area contributed by atoms with Crippen LogP contribution < -0.4 is 4.90 Å². The highest BCUT2D eigenvalue weighted by molar-refractivity contribution is 8.03. The van der Waals surface area contributed by atoms with Gasteiger partial charge in [0.1, 0.15) is 17.7 Å². The number of allylic oxidation sites excluding steroid dienone is 3. The number of hydrogen-bond acceptors (Lipinski definition) is 4. The lowest BCUT2D eigenvalue weighted by atomic mass is 10.1. The average Bonchev–Trinajstić information content (AvgIpc) is 2.68. The fourth-order valence-electron chi connectivity index (χ4n) is 1.71. The highest BCUT2D eigenvalue weighted by Gasteiger charge is 2.21. The Labute approximate surface area is 111 Å². The number of thioether (sulfide) groups is 1. The van der Waals surface area contributed by atoms with E-state index in [4.69, 9.17) is 10.5 Å². The molecule has 0 aliphatic carbocycles. The second-order valence-corrected chi connectivity index (χ2v) is 4.96. The van der Waals surface area contributed by atoms with Gasteiger partial charge in [0.2, 0.25) is 0 Å². The Kier molecular flexibility index (Phi) is 3.41. The van der Waals surface area contributed by atoms with Crippen molar-refractivity contribution in [3.8, 4) is 12.1 Å². The summed E-state index contributed by atoms with van der Waals surface area (Å²) in [6.45, 7) is 1.78. The maximum absolute atomic E-state index is 8.83. The van der Waals surface area contributed by atoms with E-state index in [0.29, 0.717) is 5.57 Å². The Morgan fingerprint density at radius 3 is 2.56 bits per heavy atom. The fourth-order valence-corrected chi connectivity index (χ4v) is 2.86. The van der Waals surface area contributed by atoms with Gasteiger partial charge >= 0.3 is 0 Å². The molecule has 0 aromatic heterocycles. The van der Waals surface area contributed by atoms with Gasteiger partial charge in [-0.15, -0.1) is 0 Å². The number of nitrogens with zero attached hydrogens (tertiary/aromatic N) is 3. The van der Waals surface area contributed by atoms with Crippen molar-refractivity contribution in [2.24, 2.45) is 0 Å². The molecule has 0 saturated carbocycles. The van der Waals surface area contributed by atoms with E-state index in [1.54, 1.807) is 18.7 Å². The van der Waals surface area contributed by atoms with E-state index in [2.05, 4.69) is 17.0 Å². The van der Waals surface area contributed by atoms with Crippen LogP contribution in [0.5, 0.6) is 0 Å². The molecular weight excluding hydrogens is 242 g/mol. The molecule has 88 valence electrons. The molecule has 3 nitrogen and oxygen atoms in total. The summed E-state index contributed by atoms with van der Waals surface area (Å²) in [6, 6.07) is 11.9. The summed E-state index contributed by atoms with van der Waals surface area (Å²) in [5, 5.41) is 18.7. The van der Waals surface area contributed by atoms with Crippen molar-refractivity contribution >= 4 is 17.4 Å². The first-order chi connectivity index (χ1) is 8.67. The van der Waals surface area contributed by atoms with Crippen molar-refractivity contribution in [3.63, 3.8) is 0 Å². The van der Waals surface area contributed by atoms with Gasteiger partial charge in [-0.2, -0.15) is 10.5 Å². The summed E-state index contributed by atoms with van der Waals surface area (Å²) in [7, 11) is 1.98. The zero-order valence-electron chi connectivity index (χ0n) is 10.1. The van der Waals surface area contributed by atoms with Gasteiger partial charge in [-0.05, 0) is 30.7 Å². The van der Waals surface area contributed by atoms with Crippen LogP contribution in [0.15, 0.2) is 51.4 Å². The minimum atomic E-state index is 0.160. The predicted molar refractivity (Wildman–Crippen MR) is 72.7 cm³/mol. The molecule has 0 atom stereocenters. The van der Waals surface area contributed by atoms with Gasteiger partial charge < -0.3 is 4.90 Å². The van der Waals surface area contributed by atoms with Crippen LogP contribution in [0.4, 0.5) is 5.69 Å². The molecule has 1 aliphatic heterocycles. The molecule has 1 aromatic carbocycles. The quantitative estimate of drug-likeness (QED) is 0.719. The fraction of sp³-hybridized carbons (Fsp3) is 0.143. The maximum atomic E-state index is 8.83. The molecule has 0 bridgehead atoms. The SMILES string of the molecule is CC(/C=C1/Sc2ccccc2N1C)=C(C#N)C#N. The van der Waals surface area contributed by atoms with E-state index in [1.165, 1.54) is 4.90 Å². The molecule has 0 radical (unpaired) electrons. The molecule has 0 amide bonds.